The first-order valence-electron chi connectivity index (χ1n) is 9.16. The van der Waals surface area contributed by atoms with E-state index in [4.69, 9.17) is 15.8 Å². The largest absolute Gasteiger partial charge is 0.379 e. The minimum absolute atomic E-state index is 0.0189. The molecule has 0 unspecified atom stereocenters. The summed E-state index contributed by atoms with van der Waals surface area (Å²) in [5.74, 6) is -0.643. The van der Waals surface area contributed by atoms with Crippen molar-refractivity contribution < 1.29 is 22.3 Å². The van der Waals surface area contributed by atoms with Crippen molar-refractivity contribution in [3.63, 3.8) is 0 Å². The molecule has 0 heterocycles. The molecule has 0 aliphatic heterocycles. The molecule has 1 N–H and O–H groups in total. The SMILES string of the molecule is N#C/C(=C/c1ccc(OS(=O)(=O)c2ccc([N+](=O)[O-])cc2)cc1)C(=O)Nc1ccc(Cl)cc1. The van der Waals surface area contributed by atoms with Gasteiger partial charge in [-0.2, -0.15) is 13.7 Å². The van der Waals surface area contributed by atoms with E-state index < -0.39 is 20.9 Å². The first-order valence-corrected chi connectivity index (χ1v) is 10.9. The van der Waals surface area contributed by atoms with Crippen molar-refractivity contribution in [2.45, 2.75) is 4.90 Å². The Hall–Kier alpha value is -4.20. The van der Waals surface area contributed by atoms with E-state index in [9.17, 15) is 28.6 Å². The fourth-order valence-corrected chi connectivity index (χ4v) is 3.63. The molecule has 0 radical (unpaired) electrons. The second-order valence-electron chi connectivity index (χ2n) is 6.49. The Morgan fingerprint density at radius 2 is 1.64 bits per heavy atom. The predicted octanol–water partition coefficient (Wildman–Crippen LogP) is 4.56. The first-order chi connectivity index (χ1) is 15.7. The maximum atomic E-state index is 12.4. The Labute approximate surface area is 193 Å². The zero-order valence-corrected chi connectivity index (χ0v) is 18.2. The van der Waals surface area contributed by atoms with Crippen molar-refractivity contribution in [1.29, 1.82) is 5.26 Å². The number of amides is 1. The number of nitrogens with one attached hydrogen (secondary N) is 1. The Kier molecular flexibility index (Phi) is 7.07. The molecule has 0 aromatic heterocycles. The molecule has 11 heteroatoms. The van der Waals surface area contributed by atoms with Gasteiger partial charge < -0.3 is 9.50 Å². The lowest BCUT2D eigenvalue weighted by Crippen LogP contribution is -2.13. The standard InChI is InChI=1S/C22H14ClN3O6S/c23-17-3-5-18(6-4-17)25-22(27)16(14-24)13-15-1-9-20(10-2-15)32-33(30,31)21-11-7-19(8-12-21)26(28)29/h1-13H,(H,25,27)/b16-13-. The minimum atomic E-state index is -4.21. The van der Waals surface area contributed by atoms with Crippen LogP contribution in [0.25, 0.3) is 6.08 Å². The van der Waals surface area contributed by atoms with Crippen molar-refractivity contribution in [1.82, 2.24) is 0 Å². The van der Waals surface area contributed by atoms with Crippen LogP contribution in [-0.2, 0) is 14.9 Å². The molecule has 1 amide bonds. The van der Waals surface area contributed by atoms with Crippen LogP contribution in [0.4, 0.5) is 11.4 Å². The van der Waals surface area contributed by atoms with Gasteiger partial charge in [-0.05, 0) is 60.2 Å². The molecule has 3 aromatic rings. The third-order valence-electron chi connectivity index (χ3n) is 4.20. The second-order valence-corrected chi connectivity index (χ2v) is 8.47. The number of carbonyl (C=O) groups is 1. The summed E-state index contributed by atoms with van der Waals surface area (Å²) in [5, 5.41) is 23.1. The van der Waals surface area contributed by atoms with Crippen LogP contribution in [0.2, 0.25) is 5.02 Å². The maximum absolute atomic E-state index is 12.4. The molecule has 0 fully saturated rings. The van der Waals surface area contributed by atoms with E-state index in [1.165, 1.54) is 30.3 Å². The van der Waals surface area contributed by atoms with Gasteiger partial charge in [0.1, 0.15) is 22.3 Å². The first kappa shape index (κ1) is 23.5. The number of halogens is 1. The van der Waals surface area contributed by atoms with Crippen LogP contribution in [0.1, 0.15) is 5.56 Å². The summed E-state index contributed by atoms with van der Waals surface area (Å²) in [6.07, 6.45) is 1.33. The number of benzene rings is 3. The van der Waals surface area contributed by atoms with Gasteiger partial charge in [0.2, 0.25) is 0 Å². The highest BCUT2D eigenvalue weighted by Gasteiger charge is 2.18. The molecule has 0 bridgehead atoms. The van der Waals surface area contributed by atoms with E-state index in [1.54, 1.807) is 24.3 Å². The predicted molar refractivity (Wildman–Crippen MR) is 121 cm³/mol. The number of non-ortho nitro benzene ring substituents is 1. The van der Waals surface area contributed by atoms with Gasteiger partial charge in [-0.3, -0.25) is 14.9 Å². The third kappa shape index (κ3) is 6.16. The number of hydrogen-bond donors (Lipinski definition) is 1. The van der Waals surface area contributed by atoms with E-state index in [1.807, 2.05) is 6.07 Å². The maximum Gasteiger partial charge on any atom is 0.339 e. The average molecular weight is 484 g/mol. The van der Waals surface area contributed by atoms with E-state index in [0.717, 1.165) is 24.3 Å². The summed E-state index contributed by atoms with van der Waals surface area (Å²) < 4.78 is 29.8. The van der Waals surface area contributed by atoms with Gasteiger partial charge in [0.25, 0.3) is 11.6 Å². The highest BCUT2D eigenvalue weighted by molar-refractivity contribution is 7.87. The van der Waals surface area contributed by atoms with E-state index in [0.29, 0.717) is 16.3 Å². The van der Waals surface area contributed by atoms with Crippen molar-refractivity contribution in [3.8, 4) is 11.8 Å². The Bertz CT molecular complexity index is 1360. The summed E-state index contributed by atoms with van der Waals surface area (Å²) in [7, 11) is -4.21. The highest BCUT2D eigenvalue weighted by Crippen LogP contribution is 2.22. The lowest BCUT2D eigenvalue weighted by molar-refractivity contribution is -0.384. The monoisotopic (exact) mass is 483 g/mol. The van der Waals surface area contributed by atoms with Crippen molar-refractivity contribution in [2.24, 2.45) is 0 Å². The van der Waals surface area contributed by atoms with E-state index in [2.05, 4.69) is 5.32 Å². The summed E-state index contributed by atoms with van der Waals surface area (Å²) in [5.41, 5.74) is 0.499. The van der Waals surface area contributed by atoms with Crippen molar-refractivity contribution in [2.75, 3.05) is 5.32 Å². The fraction of sp³-hybridized carbons (Fsp3) is 0. The topological polar surface area (TPSA) is 139 Å². The van der Waals surface area contributed by atoms with Gasteiger partial charge in [0.15, 0.2) is 0 Å². The number of nitro groups is 1. The van der Waals surface area contributed by atoms with Crippen LogP contribution < -0.4 is 9.50 Å². The highest BCUT2D eigenvalue weighted by atomic mass is 35.5. The zero-order valence-electron chi connectivity index (χ0n) is 16.6. The van der Waals surface area contributed by atoms with Crippen LogP contribution in [0.5, 0.6) is 5.75 Å². The zero-order chi connectivity index (χ0) is 24.0. The Balaban J connectivity index is 1.72. The van der Waals surface area contributed by atoms with Crippen LogP contribution in [0.3, 0.4) is 0 Å². The molecule has 0 aliphatic rings. The number of hydrogen-bond acceptors (Lipinski definition) is 7. The van der Waals surface area contributed by atoms with Crippen LogP contribution >= 0.6 is 11.6 Å². The Morgan fingerprint density at radius 1 is 1.03 bits per heavy atom. The van der Waals surface area contributed by atoms with Gasteiger partial charge in [0.05, 0.1) is 4.92 Å². The Morgan fingerprint density at radius 3 is 2.18 bits per heavy atom. The smallest absolute Gasteiger partial charge is 0.339 e. The molecule has 166 valence electrons. The van der Waals surface area contributed by atoms with E-state index >= 15 is 0 Å². The summed E-state index contributed by atoms with van der Waals surface area (Å²) >= 11 is 5.80. The van der Waals surface area contributed by atoms with Gasteiger partial charge >= 0.3 is 10.1 Å². The second kappa shape index (κ2) is 9.95. The number of carbonyl (C=O) groups excluding carboxylic acids is 1. The molecule has 0 saturated heterocycles. The lowest BCUT2D eigenvalue weighted by Gasteiger charge is -2.07. The number of nitriles is 1. The normalized spacial score (nSPS) is 11.3. The van der Waals surface area contributed by atoms with Crippen molar-refractivity contribution >= 4 is 45.1 Å². The number of nitro benzene ring substituents is 1. The minimum Gasteiger partial charge on any atom is -0.379 e. The van der Waals surface area contributed by atoms with Crippen LogP contribution in [0.15, 0.2) is 83.3 Å². The molecule has 0 spiro atoms. The number of rotatable bonds is 7. The van der Waals surface area contributed by atoms with Gasteiger partial charge in [-0.25, -0.2) is 0 Å². The summed E-state index contributed by atoms with van der Waals surface area (Å²) in [6, 6.07) is 18.1. The molecule has 3 rings (SSSR count). The molecule has 0 saturated carbocycles. The van der Waals surface area contributed by atoms with E-state index in [-0.39, 0.29) is 21.9 Å². The molecule has 3 aromatic carbocycles. The van der Waals surface area contributed by atoms with Gasteiger partial charge in [-0.1, -0.05) is 23.7 Å². The lowest BCUT2D eigenvalue weighted by atomic mass is 10.1. The number of anilines is 1. The fourth-order valence-electron chi connectivity index (χ4n) is 2.58. The average Bonchev–Trinajstić information content (AvgIpc) is 2.80. The van der Waals surface area contributed by atoms with Crippen LogP contribution in [0, 0.1) is 21.4 Å². The van der Waals surface area contributed by atoms with Crippen molar-refractivity contribution in [3.05, 3.63) is 99.1 Å². The molecule has 0 atom stereocenters. The molecular weight excluding hydrogens is 470 g/mol. The quantitative estimate of drug-likeness (QED) is 0.171. The molecular formula is C22H14ClN3O6S. The summed E-state index contributed by atoms with van der Waals surface area (Å²) in [4.78, 5) is 22.1. The van der Waals surface area contributed by atoms with Gasteiger partial charge in [-0.15, -0.1) is 0 Å². The third-order valence-corrected chi connectivity index (χ3v) is 5.71. The molecule has 9 nitrogen and oxygen atoms in total. The molecule has 33 heavy (non-hydrogen) atoms. The molecule has 0 aliphatic carbocycles. The van der Waals surface area contributed by atoms with Gasteiger partial charge in [0, 0.05) is 22.8 Å². The summed E-state index contributed by atoms with van der Waals surface area (Å²) in [6.45, 7) is 0. The number of nitrogens with zero attached hydrogens (tertiary/aromatic N) is 2. The van der Waals surface area contributed by atoms with Crippen LogP contribution in [-0.4, -0.2) is 19.2 Å².